The Kier molecular flexibility index (Phi) is 6.25. The summed E-state index contributed by atoms with van der Waals surface area (Å²) in [5.41, 5.74) is 8.28. The average Bonchev–Trinajstić information content (AvgIpc) is 2.61. The highest BCUT2D eigenvalue weighted by molar-refractivity contribution is 5.97. The van der Waals surface area contributed by atoms with Gasteiger partial charge < -0.3 is 21.5 Å². The van der Waals surface area contributed by atoms with Gasteiger partial charge in [-0.15, -0.1) is 0 Å². The number of rotatable bonds is 7. The van der Waals surface area contributed by atoms with Crippen molar-refractivity contribution in [2.24, 2.45) is 5.73 Å². The molecule has 2 rings (SSSR count). The molecule has 2 aromatic rings. The van der Waals surface area contributed by atoms with Gasteiger partial charge in [-0.05, 0) is 35.4 Å². The third-order valence-corrected chi connectivity index (χ3v) is 3.45. The highest BCUT2D eigenvalue weighted by atomic mass is 16.4. The van der Waals surface area contributed by atoms with Crippen molar-refractivity contribution in [1.82, 2.24) is 5.32 Å². The van der Waals surface area contributed by atoms with Gasteiger partial charge in [0.2, 0.25) is 5.91 Å². The van der Waals surface area contributed by atoms with E-state index in [2.05, 4.69) is 10.6 Å². The first-order chi connectivity index (χ1) is 12.0. The van der Waals surface area contributed by atoms with E-state index in [1.807, 2.05) is 24.3 Å². The van der Waals surface area contributed by atoms with Crippen LogP contribution in [0, 0.1) is 0 Å². The molecule has 0 radical (unpaired) electrons. The summed E-state index contributed by atoms with van der Waals surface area (Å²) in [6.07, 6.45) is 0.228. The minimum Gasteiger partial charge on any atom is -0.480 e. The normalized spacial score (nSPS) is 10.1. The molecule has 0 spiro atoms. The minimum absolute atomic E-state index is 0.177. The zero-order chi connectivity index (χ0) is 18.2. The van der Waals surface area contributed by atoms with Crippen LogP contribution >= 0.6 is 0 Å². The molecular weight excluding hydrogens is 322 g/mol. The fourth-order valence-electron chi connectivity index (χ4n) is 2.15. The number of benzene rings is 2. The molecule has 0 unspecified atom stereocenters. The molecule has 25 heavy (non-hydrogen) atoms. The Labute approximate surface area is 144 Å². The van der Waals surface area contributed by atoms with Crippen molar-refractivity contribution in [3.63, 3.8) is 0 Å². The van der Waals surface area contributed by atoms with E-state index in [4.69, 9.17) is 10.8 Å². The van der Waals surface area contributed by atoms with E-state index in [-0.39, 0.29) is 12.3 Å². The van der Waals surface area contributed by atoms with Crippen LogP contribution in [-0.2, 0) is 22.6 Å². The fraction of sp³-hybridized carbons (Fsp3) is 0.167. The fourth-order valence-corrected chi connectivity index (χ4v) is 2.15. The van der Waals surface area contributed by atoms with Crippen molar-refractivity contribution in [2.75, 3.05) is 11.9 Å². The maximum absolute atomic E-state index is 12.1. The van der Waals surface area contributed by atoms with E-state index in [1.165, 1.54) is 12.1 Å². The number of carboxylic acid groups (broad SMARTS) is 1. The number of nitrogens with two attached hydrogens (primary N) is 1. The number of hydrogen-bond donors (Lipinski definition) is 4. The number of nitrogens with one attached hydrogen (secondary N) is 2. The maximum Gasteiger partial charge on any atom is 0.322 e. The average molecular weight is 341 g/mol. The first kappa shape index (κ1) is 18.2. The molecule has 2 amide bonds. The quantitative estimate of drug-likeness (QED) is 0.602. The summed E-state index contributed by atoms with van der Waals surface area (Å²) in [5.74, 6) is -1.78. The van der Waals surface area contributed by atoms with Crippen LogP contribution in [0.3, 0.4) is 0 Å². The lowest BCUT2D eigenvalue weighted by atomic mass is 10.1. The lowest BCUT2D eigenvalue weighted by Crippen LogP contribution is -2.29. The van der Waals surface area contributed by atoms with Gasteiger partial charge in [-0.2, -0.15) is 0 Å². The standard InChI is InChI=1S/C18H19N3O4/c19-10-13-3-1-12(2-4-13)9-16(22)21-15-7-5-14(6-8-15)18(25)20-11-17(23)24/h1-8H,9-11,19H2,(H,20,25)(H,21,22)(H,23,24). The molecule has 7 heteroatoms. The van der Waals surface area contributed by atoms with E-state index in [0.717, 1.165) is 11.1 Å². The molecule has 0 aromatic heterocycles. The van der Waals surface area contributed by atoms with Gasteiger partial charge in [0.15, 0.2) is 0 Å². The van der Waals surface area contributed by atoms with Crippen LogP contribution in [0.25, 0.3) is 0 Å². The third kappa shape index (κ3) is 5.74. The Morgan fingerprint density at radius 1 is 0.920 bits per heavy atom. The van der Waals surface area contributed by atoms with Gasteiger partial charge in [0.05, 0.1) is 6.42 Å². The van der Waals surface area contributed by atoms with Crippen molar-refractivity contribution < 1.29 is 19.5 Å². The second-order valence-corrected chi connectivity index (χ2v) is 5.40. The number of carboxylic acids is 1. The first-order valence-electron chi connectivity index (χ1n) is 7.65. The summed E-state index contributed by atoms with van der Waals surface area (Å²) < 4.78 is 0. The SMILES string of the molecule is NCc1ccc(CC(=O)Nc2ccc(C(=O)NCC(=O)O)cc2)cc1. The van der Waals surface area contributed by atoms with Gasteiger partial charge in [-0.1, -0.05) is 24.3 Å². The highest BCUT2D eigenvalue weighted by Gasteiger charge is 2.08. The number of amides is 2. The summed E-state index contributed by atoms with van der Waals surface area (Å²) in [6.45, 7) is 0.0130. The van der Waals surface area contributed by atoms with Crippen LogP contribution < -0.4 is 16.4 Å². The van der Waals surface area contributed by atoms with Crippen molar-refractivity contribution in [3.05, 3.63) is 65.2 Å². The largest absolute Gasteiger partial charge is 0.480 e. The Hall–Kier alpha value is -3.19. The molecule has 0 fully saturated rings. The Balaban J connectivity index is 1.90. The Bertz CT molecular complexity index is 755. The molecule has 0 bridgehead atoms. The summed E-state index contributed by atoms with van der Waals surface area (Å²) in [7, 11) is 0. The van der Waals surface area contributed by atoms with Gasteiger partial charge in [0.25, 0.3) is 5.91 Å². The zero-order valence-electron chi connectivity index (χ0n) is 13.5. The maximum atomic E-state index is 12.1. The lowest BCUT2D eigenvalue weighted by Gasteiger charge is -2.07. The monoisotopic (exact) mass is 341 g/mol. The summed E-state index contributed by atoms with van der Waals surface area (Å²) in [5, 5.41) is 13.5. The summed E-state index contributed by atoms with van der Waals surface area (Å²) in [6, 6.07) is 13.7. The van der Waals surface area contributed by atoms with Crippen LogP contribution in [0.2, 0.25) is 0 Å². The molecule has 0 aliphatic rings. The van der Waals surface area contributed by atoms with Crippen LogP contribution in [0.5, 0.6) is 0 Å². The molecular formula is C18H19N3O4. The van der Waals surface area contributed by atoms with Crippen molar-refractivity contribution in [1.29, 1.82) is 0 Å². The van der Waals surface area contributed by atoms with Gasteiger partial charge in [-0.25, -0.2) is 0 Å². The predicted molar refractivity (Wildman–Crippen MR) is 93.1 cm³/mol. The van der Waals surface area contributed by atoms with Gasteiger partial charge in [0, 0.05) is 17.8 Å². The molecule has 0 atom stereocenters. The zero-order valence-corrected chi connectivity index (χ0v) is 13.5. The smallest absolute Gasteiger partial charge is 0.322 e. The van der Waals surface area contributed by atoms with Crippen molar-refractivity contribution in [3.8, 4) is 0 Å². The second-order valence-electron chi connectivity index (χ2n) is 5.40. The van der Waals surface area contributed by atoms with Gasteiger partial charge >= 0.3 is 5.97 Å². The number of aliphatic carboxylic acids is 1. The van der Waals surface area contributed by atoms with E-state index in [1.54, 1.807) is 12.1 Å². The Morgan fingerprint density at radius 2 is 1.52 bits per heavy atom. The number of hydrogen-bond acceptors (Lipinski definition) is 4. The summed E-state index contributed by atoms with van der Waals surface area (Å²) in [4.78, 5) is 34.2. The molecule has 5 N–H and O–H groups in total. The molecule has 0 aliphatic heterocycles. The van der Waals surface area contributed by atoms with E-state index in [0.29, 0.717) is 17.8 Å². The number of carbonyl (C=O) groups excluding carboxylic acids is 2. The van der Waals surface area contributed by atoms with Gasteiger partial charge in [0.1, 0.15) is 6.54 Å². The topological polar surface area (TPSA) is 122 Å². The molecule has 2 aromatic carbocycles. The van der Waals surface area contributed by atoms with E-state index >= 15 is 0 Å². The molecule has 0 heterocycles. The minimum atomic E-state index is -1.11. The van der Waals surface area contributed by atoms with E-state index in [9.17, 15) is 14.4 Å². The highest BCUT2D eigenvalue weighted by Crippen LogP contribution is 2.11. The molecule has 0 aliphatic carbocycles. The van der Waals surface area contributed by atoms with Crippen LogP contribution in [0.15, 0.2) is 48.5 Å². The molecule has 130 valence electrons. The van der Waals surface area contributed by atoms with E-state index < -0.39 is 18.4 Å². The number of carbonyl (C=O) groups is 3. The van der Waals surface area contributed by atoms with Crippen LogP contribution in [0.1, 0.15) is 21.5 Å². The molecule has 0 saturated carbocycles. The van der Waals surface area contributed by atoms with Crippen LogP contribution in [0.4, 0.5) is 5.69 Å². The molecule has 7 nitrogen and oxygen atoms in total. The van der Waals surface area contributed by atoms with Gasteiger partial charge in [-0.3, -0.25) is 14.4 Å². The summed E-state index contributed by atoms with van der Waals surface area (Å²) >= 11 is 0. The Morgan fingerprint density at radius 3 is 2.08 bits per heavy atom. The number of anilines is 1. The molecule has 0 saturated heterocycles. The predicted octanol–water partition coefficient (Wildman–Crippen LogP) is 1.14. The van der Waals surface area contributed by atoms with Crippen LogP contribution in [-0.4, -0.2) is 29.4 Å². The second kappa shape index (κ2) is 8.60. The first-order valence-corrected chi connectivity index (χ1v) is 7.65. The van der Waals surface area contributed by atoms with Crippen molar-refractivity contribution >= 4 is 23.5 Å². The third-order valence-electron chi connectivity index (χ3n) is 3.45. The lowest BCUT2D eigenvalue weighted by molar-refractivity contribution is -0.135. The van der Waals surface area contributed by atoms with Crippen molar-refractivity contribution in [2.45, 2.75) is 13.0 Å².